The second-order valence-corrected chi connectivity index (χ2v) is 6.25. The third-order valence-corrected chi connectivity index (χ3v) is 4.18. The Labute approximate surface area is 163 Å². The van der Waals surface area contributed by atoms with Crippen molar-refractivity contribution in [2.75, 3.05) is 33.9 Å². The molecule has 148 valence electrons. The van der Waals surface area contributed by atoms with Crippen molar-refractivity contribution in [3.63, 3.8) is 0 Å². The van der Waals surface area contributed by atoms with Crippen LogP contribution in [0.3, 0.4) is 0 Å². The number of nitrogens with one attached hydrogen (secondary N) is 1. The maximum atomic E-state index is 12.9. The summed E-state index contributed by atoms with van der Waals surface area (Å²) in [7, 11) is 3.13. The molecule has 0 unspecified atom stereocenters. The number of hydrogen-bond acceptors (Lipinski definition) is 4. The van der Waals surface area contributed by atoms with Crippen LogP contribution in [0.5, 0.6) is 0 Å². The zero-order valence-corrected chi connectivity index (χ0v) is 16.0. The molecule has 7 heteroatoms. The van der Waals surface area contributed by atoms with Crippen LogP contribution in [0.2, 0.25) is 0 Å². The molecule has 2 rings (SSSR count). The van der Waals surface area contributed by atoms with E-state index < -0.39 is 5.97 Å². The first-order valence-electron chi connectivity index (χ1n) is 8.88. The third kappa shape index (κ3) is 5.40. The van der Waals surface area contributed by atoms with E-state index in [0.29, 0.717) is 36.3 Å². The lowest BCUT2D eigenvalue weighted by Crippen LogP contribution is -2.39. The molecule has 0 radical (unpaired) electrons. The molecular formula is C21H24N2O5. The van der Waals surface area contributed by atoms with Gasteiger partial charge in [-0.05, 0) is 29.7 Å². The van der Waals surface area contributed by atoms with Gasteiger partial charge in [-0.25, -0.2) is 4.79 Å². The molecule has 0 atom stereocenters. The number of carboxylic acids is 1. The summed E-state index contributed by atoms with van der Waals surface area (Å²) < 4.78 is 4.92. The van der Waals surface area contributed by atoms with E-state index in [9.17, 15) is 19.5 Å². The minimum atomic E-state index is -1.07. The number of amides is 2. The third-order valence-electron chi connectivity index (χ3n) is 4.18. The molecule has 2 amide bonds. The summed E-state index contributed by atoms with van der Waals surface area (Å²) in [5, 5.41) is 12.2. The summed E-state index contributed by atoms with van der Waals surface area (Å²) in [5.41, 5.74) is 1.42. The molecule has 0 aliphatic heterocycles. The second-order valence-electron chi connectivity index (χ2n) is 6.25. The number of aromatic carboxylic acids is 1. The highest BCUT2D eigenvalue weighted by atomic mass is 16.5. The molecule has 0 saturated carbocycles. The Morgan fingerprint density at radius 2 is 1.57 bits per heavy atom. The van der Waals surface area contributed by atoms with Crippen LogP contribution >= 0.6 is 0 Å². The topological polar surface area (TPSA) is 95.9 Å². The largest absolute Gasteiger partial charge is 0.478 e. The maximum Gasteiger partial charge on any atom is 0.336 e. The van der Waals surface area contributed by atoms with Crippen molar-refractivity contribution in [3.8, 4) is 11.1 Å². The van der Waals surface area contributed by atoms with E-state index in [1.54, 1.807) is 49.6 Å². The van der Waals surface area contributed by atoms with Gasteiger partial charge in [0.25, 0.3) is 5.91 Å². The summed E-state index contributed by atoms with van der Waals surface area (Å²) in [4.78, 5) is 37.8. The average molecular weight is 384 g/mol. The van der Waals surface area contributed by atoms with E-state index in [1.807, 2.05) is 0 Å². The van der Waals surface area contributed by atoms with Crippen LogP contribution in [-0.4, -0.2) is 61.6 Å². The number of carboxylic acid groups (broad SMARTS) is 1. The summed E-state index contributed by atoms with van der Waals surface area (Å²) in [5.74, 6) is -1.69. The van der Waals surface area contributed by atoms with E-state index in [-0.39, 0.29) is 23.9 Å². The zero-order valence-electron chi connectivity index (χ0n) is 16.0. The number of benzene rings is 2. The highest BCUT2D eigenvalue weighted by Crippen LogP contribution is 2.28. The van der Waals surface area contributed by atoms with E-state index >= 15 is 0 Å². The number of rotatable bonds is 9. The average Bonchev–Trinajstić information content (AvgIpc) is 2.70. The Morgan fingerprint density at radius 3 is 2.18 bits per heavy atom. The molecule has 0 bridgehead atoms. The Bertz CT molecular complexity index is 850. The molecule has 7 nitrogen and oxygen atoms in total. The minimum Gasteiger partial charge on any atom is -0.478 e. The molecule has 0 aliphatic carbocycles. The van der Waals surface area contributed by atoms with Gasteiger partial charge in [-0.1, -0.05) is 36.4 Å². The summed E-state index contributed by atoms with van der Waals surface area (Å²) in [6.45, 7) is 0.920. The molecular weight excluding hydrogens is 360 g/mol. The molecule has 0 heterocycles. The fourth-order valence-electron chi connectivity index (χ4n) is 2.80. The van der Waals surface area contributed by atoms with E-state index in [0.717, 1.165) is 0 Å². The van der Waals surface area contributed by atoms with Crippen LogP contribution in [0.15, 0.2) is 48.5 Å². The van der Waals surface area contributed by atoms with Gasteiger partial charge < -0.3 is 20.1 Å². The Morgan fingerprint density at radius 1 is 1.00 bits per heavy atom. The first-order valence-corrected chi connectivity index (χ1v) is 8.88. The van der Waals surface area contributed by atoms with Gasteiger partial charge >= 0.3 is 5.97 Å². The van der Waals surface area contributed by atoms with E-state index in [1.165, 1.54) is 18.0 Å². The van der Waals surface area contributed by atoms with Gasteiger partial charge in [0.2, 0.25) is 5.91 Å². The van der Waals surface area contributed by atoms with Crippen LogP contribution in [-0.2, 0) is 9.53 Å². The zero-order chi connectivity index (χ0) is 20.5. The monoisotopic (exact) mass is 384 g/mol. The Kier molecular flexibility index (Phi) is 7.71. The fraction of sp³-hybridized carbons (Fsp3) is 0.286. The number of nitrogens with zero attached hydrogens (tertiary/aromatic N) is 1. The van der Waals surface area contributed by atoms with Crippen molar-refractivity contribution in [2.24, 2.45) is 0 Å². The van der Waals surface area contributed by atoms with E-state index in [2.05, 4.69) is 5.32 Å². The lowest BCUT2D eigenvalue weighted by Gasteiger charge is -2.19. The number of carbonyl (C=O) groups is 3. The van der Waals surface area contributed by atoms with Crippen molar-refractivity contribution in [2.45, 2.75) is 6.42 Å². The Balaban J connectivity index is 2.19. The highest BCUT2D eigenvalue weighted by molar-refractivity contribution is 6.05. The maximum absolute atomic E-state index is 12.9. The highest BCUT2D eigenvalue weighted by Gasteiger charge is 2.21. The van der Waals surface area contributed by atoms with Gasteiger partial charge in [0, 0.05) is 32.9 Å². The van der Waals surface area contributed by atoms with Crippen LogP contribution in [0.1, 0.15) is 27.1 Å². The number of carbonyl (C=O) groups excluding carboxylic acids is 2. The molecule has 2 aromatic carbocycles. The molecule has 0 aliphatic rings. The van der Waals surface area contributed by atoms with E-state index in [4.69, 9.17) is 4.74 Å². The van der Waals surface area contributed by atoms with Gasteiger partial charge in [-0.2, -0.15) is 0 Å². The molecule has 0 spiro atoms. The molecule has 0 fully saturated rings. The number of methoxy groups -OCH3 is 1. The molecule has 28 heavy (non-hydrogen) atoms. The number of hydrogen-bond donors (Lipinski definition) is 2. The van der Waals surface area contributed by atoms with Gasteiger partial charge in [0.1, 0.15) is 0 Å². The number of likely N-dealkylation sites (N-methyl/N-ethyl adjacent to an activating group) is 1. The van der Waals surface area contributed by atoms with Gasteiger partial charge in [-0.3, -0.25) is 9.59 Å². The van der Waals surface area contributed by atoms with Gasteiger partial charge in [0.05, 0.1) is 12.1 Å². The molecule has 2 aromatic rings. The van der Waals surface area contributed by atoms with Crippen molar-refractivity contribution < 1.29 is 24.2 Å². The molecule has 2 N–H and O–H groups in total. The predicted octanol–water partition coefficient (Wildman–Crippen LogP) is 2.28. The van der Waals surface area contributed by atoms with Crippen molar-refractivity contribution in [1.82, 2.24) is 10.2 Å². The molecule has 0 aromatic heterocycles. The lowest BCUT2D eigenvalue weighted by molar-refractivity contribution is -0.121. The summed E-state index contributed by atoms with van der Waals surface area (Å²) in [6.07, 6.45) is 0.689. The first kappa shape index (κ1) is 21.1. The van der Waals surface area contributed by atoms with Crippen LogP contribution in [0.25, 0.3) is 11.1 Å². The van der Waals surface area contributed by atoms with Crippen LogP contribution in [0.4, 0.5) is 0 Å². The first-order chi connectivity index (χ1) is 13.5. The van der Waals surface area contributed by atoms with Crippen molar-refractivity contribution in [3.05, 3.63) is 59.7 Å². The van der Waals surface area contributed by atoms with Crippen molar-refractivity contribution >= 4 is 17.8 Å². The second kappa shape index (κ2) is 10.2. The van der Waals surface area contributed by atoms with Gasteiger partial charge in [0.15, 0.2) is 0 Å². The van der Waals surface area contributed by atoms with Crippen molar-refractivity contribution in [1.29, 1.82) is 0 Å². The SMILES string of the molecule is COCCCNC(=O)CN(C)C(=O)c1ccccc1-c1ccccc1C(=O)O. The smallest absolute Gasteiger partial charge is 0.336 e. The Hall–Kier alpha value is -3.19. The summed E-state index contributed by atoms with van der Waals surface area (Å²) >= 11 is 0. The van der Waals surface area contributed by atoms with Crippen LogP contribution in [0, 0.1) is 0 Å². The minimum absolute atomic E-state index is 0.0965. The lowest BCUT2D eigenvalue weighted by atomic mass is 9.95. The van der Waals surface area contributed by atoms with Crippen LogP contribution < -0.4 is 5.32 Å². The van der Waals surface area contributed by atoms with Gasteiger partial charge in [-0.15, -0.1) is 0 Å². The standard InChI is InChI=1S/C21H24N2O5/c1-23(14-19(24)22-12-7-13-28-2)20(25)17-10-5-3-8-15(17)16-9-4-6-11-18(16)21(26)27/h3-6,8-11H,7,12-14H2,1-2H3,(H,22,24)(H,26,27). The molecule has 0 saturated heterocycles. The fourth-order valence-corrected chi connectivity index (χ4v) is 2.80. The predicted molar refractivity (Wildman–Crippen MR) is 105 cm³/mol. The number of ether oxygens (including phenoxy) is 1. The summed E-state index contributed by atoms with van der Waals surface area (Å²) in [6, 6.07) is 13.3. The normalized spacial score (nSPS) is 10.4. The quantitative estimate of drug-likeness (QED) is 0.647.